The Bertz CT molecular complexity index is 207. The van der Waals surface area contributed by atoms with Crippen molar-refractivity contribution in [3.05, 3.63) is 0 Å². The second-order valence-corrected chi connectivity index (χ2v) is 4.75. The second kappa shape index (κ2) is 6.87. The zero-order valence-electron chi connectivity index (χ0n) is 10.1. The quantitative estimate of drug-likeness (QED) is 0.547. The number of terminal acetylenes is 1. The SMILES string of the molecule is C#CCCCCNC1CCN(C)CC1C. The van der Waals surface area contributed by atoms with Gasteiger partial charge in [0.2, 0.25) is 0 Å². The van der Waals surface area contributed by atoms with Crippen LogP contribution in [0.15, 0.2) is 0 Å². The maximum atomic E-state index is 5.21. The van der Waals surface area contributed by atoms with Crippen molar-refractivity contribution in [1.29, 1.82) is 0 Å². The van der Waals surface area contributed by atoms with Crippen LogP contribution >= 0.6 is 0 Å². The Kier molecular flexibility index (Phi) is 5.75. The summed E-state index contributed by atoms with van der Waals surface area (Å²) in [6.07, 6.45) is 9.79. The van der Waals surface area contributed by atoms with Crippen molar-refractivity contribution in [2.45, 2.75) is 38.6 Å². The highest BCUT2D eigenvalue weighted by Crippen LogP contribution is 2.15. The van der Waals surface area contributed by atoms with Crippen molar-refractivity contribution >= 4 is 0 Å². The summed E-state index contributed by atoms with van der Waals surface area (Å²) in [5, 5.41) is 3.66. The Balaban J connectivity index is 2.08. The van der Waals surface area contributed by atoms with E-state index in [1.807, 2.05) is 0 Å². The molecule has 1 aliphatic rings. The lowest BCUT2D eigenvalue weighted by Crippen LogP contribution is -2.47. The van der Waals surface area contributed by atoms with Crippen LogP contribution in [0.1, 0.15) is 32.6 Å². The summed E-state index contributed by atoms with van der Waals surface area (Å²) in [6.45, 7) is 5.92. The van der Waals surface area contributed by atoms with Crippen LogP contribution in [0.2, 0.25) is 0 Å². The number of likely N-dealkylation sites (tertiary alicyclic amines) is 1. The normalized spacial score (nSPS) is 27.5. The molecule has 0 radical (unpaired) electrons. The minimum atomic E-state index is 0.715. The predicted molar refractivity (Wildman–Crippen MR) is 65.8 cm³/mol. The number of unbranched alkanes of at least 4 members (excludes halogenated alkanes) is 2. The maximum Gasteiger partial charge on any atom is 0.0117 e. The van der Waals surface area contributed by atoms with Crippen LogP contribution in [0.25, 0.3) is 0 Å². The van der Waals surface area contributed by atoms with Crippen molar-refractivity contribution in [2.24, 2.45) is 5.92 Å². The fourth-order valence-corrected chi connectivity index (χ4v) is 2.30. The largest absolute Gasteiger partial charge is 0.314 e. The van der Waals surface area contributed by atoms with Gasteiger partial charge in [0.25, 0.3) is 0 Å². The van der Waals surface area contributed by atoms with Gasteiger partial charge in [-0.05, 0) is 45.3 Å². The lowest BCUT2D eigenvalue weighted by atomic mass is 9.94. The molecular formula is C13H24N2. The second-order valence-electron chi connectivity index (χ2n) is 4.75. The molecule has 0 aliphatic carbocycles. The molecule has 1 fully saturated rings. The zero-order valence-corrected chi connectivity index (χ0v) is 10.1. The Morgan fingerprint density at radius 2 is 2.27 bits per heavy atom. The van der Waals surface area contributed by atoms with Crippen molar-refractivity contribution in [2.75, 3.05) is 26.7 Å². The van der Waals surface area contributed by atoms with E-state index in [9.17, 15) is 0 Å². The summed E-state index contributed by atoms with van der Waals surface area (Å²) < 4.78 is 0. The first-order chi connectivity index (χ1) is 7.24. The molecule has 15 heavy (non-hydrogen) atoms. The highest BCUT2D eigenvalue weighted by Gasteiger charge is 2.22. The van der Waals surface area contributed by atoms with Gasteiger partial charge in [0.15, 0.2) is 0 Å². The molecular weight excluding hydrogens is 184 g/mol. The van der Waals surface area contributed by atoms with E-state index in [1.165, 1.54) is 25.9 Å². The number of hydrogen-bond acceptors (Lipinski definition) is 2. The van der Waals surface area contributed by atoms with Crippen LogP contribution in [0.3, 0.4) is 0 Å². The summed E-state index contributed by atoms with van der Waals surface area (Å²) in [5.74, 6) is 3.46. The van der Waals surface area contributed by atoms with Gasteiger partial charge < -0.3 is 10.2 Å². The van der Waals surface area contributed by atoms with Gasteiger partial charge in [0.1, 0.15) is 0 Å². The molecule has 0 bridgehead atoms. The van der Waals surface area contributed by atoms with Gasteiger partial charge in [-0.2, -0.15) is 0 Å². The first-order valence-electron chi connectivity index (χ1n) is 6.09. The third-order valence-corrected chi connectivity index (χ3v) is 3.26. The van der Waals surface area contributed by atoms with Crippen molar-refractivity contribution in [1.82, 2.24) is 10.2 Å². The first-order valence-corrected chi connectivity index (χ1v) is 6.09. The van der Waals surface area contributed by atoms with Gasteiger partial charge in [0, 0.05) is 19.0 Å². The lowest BCUT2D eigenvalue weighted by molar-refractivity contribution is 0.175. The molecule has 0 saturated carbocycles. The molecule has 0 aromatic carbocycles. The zero-order chi connectivity index (χ0) is 11.1. The van der Waals surface area contributed by atoms with Gasteiger partial charge in [0.05, 0.1) is 0 Å². The van der Waals surface area contributed by atoms with E-state index in [0.29, 0.717) is 6.04 Å². The standard InChI is InChI=1S/C13H24N2/c1-4-5-6-7-9-14-13-8-10-15(3)11-12(13)2/h1,12-14H,5-11H2,2-3H3. The highest BCUT2D eigenvalue weighted by atomic mass is 15.1. The molecule has 1 N–H and O–H groups in total. The Labute approximate surface area is 94.4 Å². The van der Waals surface area contributed by atoms with E-state index in [1.54, 1.807) is 0 Å². The molecule has 1 heterocycles. The van der Waals surface area contributed by atoms with Crippen molar-refractivity contribution < 1.29 is 0 Å². The van der Waals surface area contributed by atoms with E-state index < -0.39 is 0 Å². The third kappa shape index (κ3) is 4.68. The van der Waals surface area contributed by atoms with E-state index >= 15 is 0 Å². The lowest BCUT2D eigenvalue weighted by Gasteiger charge is -2.35. The summed E-state index contributed by atoms with van der Waals surface area (Å²) in [5.41, 5.74) is 0. The fraction of sp³-hybridized carbons (Fsp3) is 0.846. The minimum Gasteiger partial charge on any atom is -0.314 e. The van der Waals surface area contributed by atoms with E-state index in [2.05, 4.69) is 30.1 Å². The van der Waals surface area contributed by atoms with Crippen LogP contribution in [-0.4, -0.2) is 37.6 Å². The fourth-order valence-electron chi connectivity index (χ4n) is 2.30. The molecule has 86 valence electrons. The number of rotatable bonds is 5. The molecule has 0 amide bonds. The molecule has 2 unspecified atom stereocenters. The monoisotopic (exact) mass is 208 g/mol. The highest BCUT2D eigenvalue weighted by molar-refractivity contribution is 4.84. The van der Waals surface area contributed by atoms with E-state index in [4.69, 9.17) is 6.42 Å². The number of hydrogen-bond donors (Lipinski definition) is 1. The van der Waals surface area contributed by atoms with E-state index in [0.717, 1.165) is 25.3 Å². The van der Waals surface area contributed by atoms with Crippen LogP contribution in [0, 0.1) is 18.3 Å². The average molecular weight is 208 g/mol. The first kappa shape index (κ1) is 12.5. The Hall–Kier alpha value is -0.520. The maximum absolute atomic E-state index is 5.21. The van der Waals surface area contributed by atoms with Crippen LogP contribution < -0.4 is 5.32 Å². The van der Waals surface area contributed by atoms with Gasteiger partial charge in [-0.1, -0.05) is 6.92 Å². The molecule has 2 atom stereocenters. The molecule has 0 spiro atoms. The smallest absolute Gasteiger partial charge is 0.0117 e. The Morgan fingerprint density at radius 3 is 2.93 bits per heavy atom. The topological polar surface area (TPSA) is 15.3 Å². The average Bonchev–Trinajstić information content (AvgIpc) is 2.20. The number of nitrogens with one attached hydrogen (secondary N) is 1. The molecule has 0 aromatic rings. The molecule has 0 aromatic heterocycles. The van der Waals surface area contributed by atoms with Crippen LogP contribution in [-0.2, 0) is 0 Å². The molecule has 2 heteroatoms. The van der Waals surface area contributed by atoms with Crippen LogP contribution in [0.4, 0.5) is 0 Å². The minimum absolute atomic E-state index is 0.715. The van der Waals surface area contributed by atoms with E-state index in [-0.39, 0.29) is 0 Å². The van der Waals surface area contributed by atoms with Gasteiger partial charge in [-0.3, -0.25) is 0 Å². The predicted octanol–water partition coefficient (Wildman–Crippen LogP) is 1.72. The van der Waals surface area contributed by atoms with Gasteiger partial charge in [-0.25, -0.2) is 0 Å². The summed E-state index contributed by atoms with van der Waals surface area (Å²) >= 11 is 0. The molecule has 1 aliphatic heterocycles. The van der Waals surface area contributed by atoms with Gasteiger partial charge in [-0.15, -0.1) is 12.3 Å². The third-order valence-electron chi connectivity index (χ3n) is 3.26. The molecule has 1 rings (SSSR count). The number of piperidine rings is 1. The molecule has 2 nitrogen and oxygen atoms in total. The van der Waals surface area contributed by atoms with Crippen molar-refractivity contribution in [3.63, 3.8) is 0 Å². The summed E-state index contributed by atoms with van der Waals surface area (Å²) in [4.78, 5) is 2.42. The van der Waals surface area contributed by atoms with Crippen LogP contribution in [0.5, 0.6) is 0 Å². The summed E-state index contributed by atoms with van der Waals surface area (Å²) in [6, 6.07) is 0.715. The molecule has 1 saturated heterocycles. The van der Waals surface area contributed by atoms with Crippen molar-refractivity contribution in [3.8, 4) is 12.3 Å². The summed E-state index contributed by atoms with van der Waals surface area (Å²) in [7, 11) is 2.21. The van der Waals surface area contributed by atoms with Gasteiger partial charge >= 0.3 is 0 Å². The number of nitrogens with zero attached hydrogens (tertiary/aromatic N) is 1. The Morgan fingerprint density at radius 1 is 1.47 bits per heavy atom.